The maximum Gasteiger partial charge on any atom is 0.303 e. The van der Waals surface area contributed by atoms with Crippen LogP contribution in [0.3, 0.4) is 0 Å². The van der Waals surface area contributed by atoms with Crippen molar-refractivity contribution in [3.05, 3.63) is 22.8 Å². The van der Waals surface area contributed by atoms with Crippen molar-refractivity contribution in [1.29, 1.82) is 0 Å². The fourth-order valence-corrected chi connectivity index (χ4v) is 10.8. The van der Waals surface area contributed by atoms with Crippen LogP contribution in [0.1, 0.15) is 119 Å². The molecule has 0 aromatic rings. The summed E-state index contributed by atoms with van der Waals surface area (Å²) in [5.41, 5.74) is 7.93. The number of nitrogens with two attached hydrogens (primary N) is 1. The number of rotatable bonds is 13. The van der Waals surface area contributed by atoms with Crippen LogP contribution in [0.25, 0.3) is 0 Å². The van der Waals surface area contributed by atoms with E-state index in [4.69, 9.17) is 10.5 Å². The number of nitrogens with one attached hydrogen (secondary N) is 2. The molecule has 0 bridgehead atoms. The van der Waals surface area contributed by atoms with Crippen molar-refractivity contribution < 1.29 is 24.5 Å². The molecule has 0 radical (unpaired) electrons. The first kappa shape index (κ1) is 37.1. The first-order valence-electron chi connectivity index (χ1n) is 18.3. The zero-order chi connectivity index (χ0) is 33.9. The first-order valence-corrected chi connectivity index (χ1v) is 18.3. The third-order valence-corrected chi connectivity index (χ3v) is 13.2. The van der Waals surface area contributed by atoms with Crippen molar-refractivity contribution >= 4 is 11.9 Å². The van der Waals surface area contributed by atoms with Crippen molar-refractivity contribution in [3.8, 4) is 0 Å². The summed E-state index contributed by atoms with van der Waals surface area (Å²) in [5, 5.41) is 29.6. The number of amides is 1. The summed E-state index contributed by atoms with van der Waals surface area (Å²) < 4.78 is 6.13. The van der Waals surface area contributed by atoms with Crippen LogP contribution < -0.4 is 16.4 Å². The lowest BCUT2D eigenvalue weighted by Gasteiger charge is -2.69. The van der Waals surface area contributed by atoms with E-state index in [-0.39, 0.29) is 52.0 Å². The third-order valence-electron chi connectivity index (χ3n) is 13.2. The number of fused-ring (bicyclic) bond motifs is 5. The number of allylic oxidation sites excluding steroid dienone is 2. The lowest BCUT2D eigenvalue weighted by molar-refractivity contribution is -0.234. The van der Waals surface area contributed by atoms with E-state index in [1.54, 1.807) is 0 Å². The number of ether oxygens (including phenoxy) is 1. The van der Waals surface area contributed by atoms with Crippen LogP contribution in [0.4, 0.5) is 0 Å². The normalized spacial score (nSPS) is 39.5. The summed E-state index contributed by atoms with van der Waals surface area (Å²) >= 11 is 0. The average molecular weight is 644 g/mol. The molecule has 4 aliphatic carbocycles. The summed E-state index contributed by atoms with van der Waals surface area (Å²) in [4.78, 5) is 26.7. The van der Waals surface area contributed by atoms with Gasteiger partial charge in [-0.15, -0.1) is 0 Å². The molecule has 0 saturated heterocycles. The second-order valence-electron chi connectivity index (χ2n) is 16.2. The van der Waals surface area contributed by atoms with Gasteiger partial charge in [0.2, 0.25) is 5.91 Å². The van der Waals surface area contributed by atoms with E-state index in [0.717, 1.165) is 75.6 Å². The van der Waals surface area contributed by atoms with Crippen LogP contribution in [0.5, 0.6) is 0 Å². The Hall–Kier alpha value is -1.74. The van der Waals surface area contributed by atoms with Gasteiger partial charge in [0.1, 0.15) is 6.10 Å². The quantitative estimate of drug-likeness (QED) is 0.0784. The van der Waals surface area contributed by atoms with Crippen LogP contribution >= 0.6 is 0 Å². The van der Waals surface area contributed by atoms with Gasteiger partial charge >= 0.3 is 5.97 Å². The number of hydrogen-bond acceptors (Lipinski definition) is 7. The standard InChI is InChI=1S/C38H65N3O5/c1-24(2)12-10-13-27(35(45)41-21-11-20-40-19-9-8-18-39)33-29-22-31(44)34-36(5)16-15-30(43)25(3)28(36)14-17-37(34,6)38(29,7)23-32(33)46-26(4)42/h12,25,28-32,34,40,43-44H,8-11,13-23,39H2,1-7H3,(H,41,45)/t25-,28?,29?,30+,31+,32-,34?,36-,37-,38-/m0/s1. The Morgan fingerprint density at radius 1 is 0.978 bits per heavy atom. The van der Waals surface area contributed by atoms with E-state index in [0.29, 0.717) is 38.3 Å². The van der Waals surface area contributed by atoms with Gasteiger partial charge in [0.15, 0.2) is 0 Å². The molecule has 4 fully saturated rings. The molecule has 4 saturated carbocycles. The topological polar surface area (TPSA) is 134 Å². The molecular weight excluding hydrogens is 578 g/mol. The number of esters is 1. The third kappa shape index (κ3) is 7.16. The summed E-state index contributed by atoms with van der Waals surface area (Å²) in [6.07, 6.45) is 9.94. The smallest absolute Gasteiger partial charge is 0.303 e. The SMILES string of the molecule is CC(=O)O[C@H]1C[C@@]2(C)C(C[C@@H](O)C3[C@@]4(C)CC[C@@H](O)[C@@H](C)C4CC[C@@]32C)C1=C(CCC=C(C)C)C(=O)NCCCNCCCCN. The van der Waals surface area contributed by atoms with E-state index < -0.39 is 12.2 Å². The van der Waals surface area contributed by atoms with Gasteiger partial charge in [-0.3, -0.25) is 9.59 Å². The second-order valence-corrected chi connectivity index (χ2v) is 16.2. The van der Waals surface area contributed by atoms with Crippen molar-refractivity contribution in [2.75, 3.05) is 26.2 Å². The van der Waals surface area contributed by atoms with Crippen molar-refractivity contribution in [2.45, 2.75) is 137 Å². The summed E-state index contributed by atoms with van der Waals surface area (Å²) in [6, 6.07) is 0. The largest absolute Gasteiger partial charge is 0.458 e. The predicted molar refractivity (Wildman–Crippen MR) is 184 cm³/mol. The van der Waals surface area contributed by atoms with Gasteiger partial charge in [-0.1, -0.05) is 39.3 Å². The van der Waals surface area contributed by atoms with Crippen LogP contribution in [0, 0.1) is 39.9 Å². The number of unbranched alkanes of at least 4 members (excludes halogenated alkanes) is 1. The highest BCUT2D eigenvalue weighted by molar-refractivity contribution is 5.94. The van der Waals surface area contributed by atoms with Crippen LogP contribution in [-0.2, 0) is 14.3 Å². The van der Waals surface area contributed by atoms with Crippen molar-refractivity contribution in [2.24, 2.45) is 45.7 Å². The molecule has 46 heavy (non-hydrogen) atoms. The van der Waals surface area contributed by atoms with Crippen molar-refractivity contribution in [3.63, 3.8) is 0 Å². The Balaban J connectivity index is 1.68. The summed E-state index contributed by atoms with van der Waals surface area (Å²) in [7, 11) is 0. The van der Waals surface area contributed by atoms with Crippen LogP contribution in [0.2, 0.25) is 0 Å². The number of carbonyl (C=O) groups excluding carboxylic acids is 2. The first-order chi connectivity index (χ1) is 21.7. The van der Waals surface area contributed by atoms with Crippen molar-refractivity contribution in [1.82, 2.24) is 10.6 Å². The molecule has 0 heterocycles. The van der Waals surface area contributed by atoms with E-state index in [2.05, 4.69) is 58.3 Å². The summed E-state index contributed by atoms with van der Waals surface area (Å²) in [6.45, 7) is 17.9. The van der Waals surface area contributed by atoms with Gasteiger partial charge in [-0.05, 0) is 150 Å². The van der Waals surface area contributed by atoms with E-state index in [1.165, 1.54) is 12.5 Å². The summed E-state index contributed by atoms with van der Waals surface area (Å²) in [5.74, 6) is 0.187. The van der Waals surface area contributed by atoms with E-state index >= 15 is 0 Å². The number of hydrogen-bond donors (Lipinski definition) is 5. The zero-order valence-corrected chi connectivity index (χ0v) is 29.9. The second kappa shape index (κ2) is 15.2. The maximum atomic E-state index is 14.1. The highest BCUT2D eigenvalue weighted by Gasteiger charge is 2.70. The van der Waals surface area contributed by atoms with Gasteiger partial charge in [0.05, 0.1) is 12.2 Å². The monoisotopic (exact) mass is 643 g/mol. The lowest BCUT2D eigenvalue weighted by atomic mass is 9.36. The number of aliphatic hydroxyl groups excluding tert-OH is 2. The highest BCUT2D eigenvalue weighted by Crippen LogP contribution is 2.74. The molecule has 1 amide bonds. The van der Waals surface area contributed by atoms with Gasteiger partial charge in [-0.25, -0.2) is 0 Å². The molecule has 4 aliphatic rings. The minimum atomic E-state index is -0.531. The lowest BCUT2D eigenvalue weighted by Crippen LogP contribution is -2.65. The van der Waals surface area contributed by atoms with Crippen LogP contribution in [-0.4, -0.2) is 66.6 Å². The van der Waals surface area contributed by atoms with E-state index in [1.807, 2.05) is 0 Å². The molecule has 0 aromatic carbocycles. The Bertz CT molecular complexity index is 1150. The minimum absolute atomic E-state index is 0.0588. The molecule has 6 N–H and O–H groups in total. The number of aliphatic hydroxyl groups is 2. The van der Waals surface area contributed by atoms with Gasteiger partial charge in [-0.2, -0.15) is 0 Å². The molecule has 8 nitrogen and oxygen atoms in total. The molecule has 0 aromatic heterocycles. The van der Waals surface area contributed by atoms with Gasteiger partial charge in [0.25, 0.3) is 0 Å². The van der Waals surface area contributed by atoms with Gasteiger partial charge in [0, 0.05) is 19.0 Å². The maximum absolute atomic E-state index is 14.1. The molecular formula is C38H65N3O5. The Morgan fingerprint density at radius 2 is 1.70 bits per heavy atom. The molecule has 8 heteroatoms. The molecule has 262 valence electrons. The average Bonchev–Trinajstić information content (AvgIpc) is 3.25. The predicted octanol–water partition coefficient (Wildman–Crippen LogP) is 5.42. The molecule has 4 rings (SSSR count). The number of carbonyl (C=O) groups is 2. The molecule has 3 unspecified atom stereocenters. The molecule has 0 aliphatic heterocycles. The fraction of sp³-hybridized carbons (Fsp3) is 0.842. The minimum Gasteiger partial charge on any atom is -0.458 e. The molecule has 10 atom stereocenters. The van der Waals surface area contributed by atoms with Gasteiger partial charge < -0.3 is 31.3 Å². The Labute approximate surface area is 278 Å². The highest BCUT2D eigenvalue weighted by atomic mass is 16.5. The fourth-order valence-electron chi connectivity index (χ4n) is 10.8. The zero-order valence-electron chi connectivity index (χ0n) is 29.9. The Kier molecular flexibility index (Phi) is 12.3. The van der Waals surface area contributed by atoms with E-state index in [9.17, 15) is 19.8 Å². The van der Waals surface area contributed by atoms with Crippen LogP contribution in [0.15, 0.2) is 22.8 Å². The Morgan fingerprint density at radius 3 is 2.37 bits per heavy atom. The molecule has 0 spiro atoms.